The van der Waals surface area contributed by atoms with Gasteiger partial charge in [-0.05, 0) is 37.5 Å². The Kier molecular flexibility index (Phi) is 6.99. The number of piperazine rings is 1. The molecule has 0 saturated carbocycles. The zero-order valence-corrected chi connectivity index (χ0v) is 18.3. The molecule has 4 rings (SSSR count). The van der Waals surface area contributed by atoms with Gasteiger partial charge >= 0.3 is 0 Å². The van der Waals surface area contributed by atoms with Gasteiger partial charge in [-0.1, -0.05) is 48.0 Å². The van der Waals surface area contributed by atoms with E-state index in [1.165, 1.54) is 0 Å². The molecule has 2 aliphatic rings. The minimum absolute atomic E-state index is 0.0170. The molecule has 6 nitrogen and oxygen atoms in total. The molecular formula is C25H32N4O2. The van der Waals surface area contributed by atoms with E-state index >= 15 is 0 Å². The highest BCUT2D eigenvalue weighted by atomic mass is 16.2. The Balaban J connectivity index is 1.41. The number of likely N-dealkylation sites (tertiary alicyclic amines) is 1. The molecule has 2 aromatic carbocycles. The summed E-state index contributed by atoms with van der Waals surface area (Å²) in [5.74, 6) is 0.222. The number of hydrogen-bond acceptors (Lipinski definition) is 4. The largest absolute Gasteiger partial charge is 0.342 e. The van der Waals surface area contributed by atoms with Gasteiger partial charge in [0.2, 0.25) is 11.8 Å². The summed E-state index contributed by atoms with van der Waals surface area (Å²) < 4.78 is 0. The lowest BCUT2D eigenvalue weighted by molar-refractivity contribution is -0.132. The molecular weight excluding hydrogens is 388 g/mol. The molecule has 31 heavy (non-hydrogen) atoms. The maximum atomic E-state index is 13.3. The Morgan fingerprint density at radius 2 is 1.52 bits per heavy atom. The number of hydrogen-bond donors (Lipinski definition) is 1. The monoisotopic (exact) mass is 420 g/mol. The predicted molar refractivity (Wildman–Crippen MR) is 123 cm³/mol. The van der Waals surface area contributed by atoms with Crippen molar-refractivity contribution in [1.29, 1.82) is 0 Å². The normalized spacial score (nSPS) is 18.7. The Morgan fingerprint density at radius 1 is 0.871 bits per heavy atom. The summed E-state index contributed by atoms with van der Waals surface area (Å²) in [6, 6.07) is 17.5. The van der Waals surface area contributed by atoms with Gasteiger partial charge in [-0.3, -0.25) is 19.4 Å². The highest BCUT2D eigenvalue weighted by Gasteiger charge is 2.31. The van der Waals surface area contributed by atoms with Gasteiger partial charge < -0.3 is 10.2 Å². The summed E-state index contributed by atoms with van der Waals surface area (Å²) in [6.07, 6.45) is 2.24. The zero-order chi connectivity index (χ0) is 21.6. The summed E-state index contributed by atoms with van der Waals surface area (Å²) in [4.78, 5) is 32.2. The third-order valence-corrected chi connectivity index (χ3v) is 6.27. The number of anilines is 1. The maximum absolute atomic E-state index is 13.3. The van der Waals surface area contributed by atoms with Crippen LogP contribution in [0.1, 0.15) is 30.0 Å². The third kappa shape index (κ3) is 5.51. The molecule has 0 radical (unpaired) electrons. The number of aryl methyl sites for hydroxylation is 1. The molecule has 2 amide bonds. The van der Waals surface area contributed by atoms with Crippen LogP contribution in [-0.2, 0) is 9.59 Å². The van der Waals surface area contributed by atoms with Gasteiger partial charge in [0.1, 0.15) is 6.04 Å². The zero-order valence-electron chi connectivity index (χ0n) is 18.3. The average Bonchev–Trinajstić information content (AvgIpc) is 3.33. The van der Waals surface area contributed by atoms with Gasteiger partial charge in [-0.15, -0.1) is 0 Å². The first-order valence-electron chi connectivity index (χ1n) is 11.3. The molecule has 2 fully saturated rings. The van der Waals surface area contributed by atoms with Crippen molar-refractivity contribution >= 4 is 17.5 Å². The van der Waals surface area contributed by atoms with Gasteiger partial charge in [-0.25, -0.2) is 0 Å². The summed E-state index contributed by atoms with van der Waals surface area (Å²) in [7, 11) is 0. The molecule has 164 valence electrons. The molecule has 0 spiro atoms. The average molecular weight is 421 g/mol. The van der Waals surface area contributed by atoms with E-state index in [0.29, 0.717) is 6.54 Å². The van der Waals surface area contributed by atoms with E-state index in [4.69, 9.17) is 0 Å². The molecule has 0 aliphatic carbocycles. The van der Waals surface area contributed by atoms with Crippen molar-refractivity contribution in [3.8, 4) is 0 Å². The Morgan fingerprint density at radius 3 is 2.16 bits per heavy atom. The Bertz CT molecular complexity index is 870. The molecule has 0 aromatic heterocycles. The van der Waals surface area contributed by atoms with Crippen molar-refractivity contribution in [2.24, 2.45) is 0 Å². The Labute approximate surface area is 184 Å². The fourth-order valence-corrected chi connectivity index (χ4v) is 4.45. The fourth-order valence-electron chi connectivity index (χ4n) is 4.45. The van der Waals surface area contributed by atoms with E-state index in [1.807, 2.05) is 66.4 Å². The van der Waals surface area contributed by atoms with E-state index in [2.05, 4.69) is 15.1 Å². The maximum Gasteiger partial charge on any atom is 0.246 e. The lowest BCUT2D eigenvalue weighted by Gasteiger charge is -2.39. The fraction of sp³-hybridized carbons (Fsp3) is 0.440. The van der Waals surface area contributed by atoms with Crippen molar-refractivity contribution in [3.63, 3.8) is 0 Å². The number of carbonyl (C=O) groups excluding carboxylic acids is 2. The molecule has 1 atom stereocenters. The van der Waals surface area contributed by atoms with Crippen LogP contribution in [0.15, 0.2) is 54.6 Å². The lowest BCUT2D eigenvalue weighted by atomic mass is 10.0. The van der Waals surface area contributed by atoms with Crippen LogP contribution in [0.5, 0.6) is 0 Å². The first-order chi connectivity index (χ1) is 15.1. The molecule has 1 N–H and O–H groups in total. The highest BCUT2D eigenvalue weighted by Crippen LogP contribution is 2.24. The first-order valence-corrected chi connectivity index (χ1v) is 11.3. The van der Waals surface area contributed by atoms with Crippen molar-refractivity contribution in [1.82, 2.24) is 14.7 Å². The topological polar surface area (TPSA) is 55.9 Å². The minimum Gasteiger partial charge on any atom is -0.342 e. The van der Waals surface area contributed by atoms with Crippen molar-refractivity contribution < 1.29 is 9.59 Å². The number of benzene rings is 2. The number of rotatable bonds is 6. The number of amides is 2. The molecule has 2 aromatic rings. The first kappa shape index (κ1) is 21.5. The van der Waals surface area contributed by atoms with Crippen LogP contribution in [0.25, 0.3) is 0 Å². The van der Waals surface area contributed by atoms with Gasteiger partial charge in [0, 0.05) is 45.0 Å². The van der Waals surface area contributed by atoms with Crippen LogP contribution < -0.4 is 5.32 Å². The second kappa shape index (κ2) is 10.1. The molecule has 0 unspecified atom stereocenters. The van der Waals surface area contributed by atoms with Crippen LogP contribution in [0.4, 0.5) is 5.69 Å². The minimum atomic E-state index is -0.348. The van der Waals surface area contributed by atoms with E-state index in [0.717, 1.165) is 68.9 Å². The smallest absolute Gasteiger partial charge is 0.246 e. The molecule has 6 heteroatoms. The summed E-state index contributed by atoms with van der Waals surface area (Å²) in [6.45, 7) is 7.41. The number of carbonyl (C=O) groups is 2. The summed E-state index contributed by atoms with van der Waals surface area (Å²) >= 11 is 0. The van der Waals surface area contributed by atoms with E-state index in [9.17, 15) is 9.59 Å². The number of nitrogens with one attached hydrogen (secondary N) is 1. The highest BCUT2D eigenvalue weighted by molar-refractivity contribution is 5.95. The second-order valence-corrected chi connectivity index (χ2v) is 8.57. The van der Waals surface area contributed by atoms with Crippen LogP contribution in [0, 0.1) is 6.92 Å². The quantitative estimate of drug-likeness (QED) is 0.781. The second-order valence-electron chi connectivity index (χ2n) is 8.57. The molecule has 0 bridgehead atoms. The molecule has 2 heterocycles. The SMILES string of the molecule is Cc1ccc(NC(=O)[C@H](c2ccccc2)N2CCN(CC(=O)N3CCCC3)CC2)cc1. The molecule has 2 saturated heterocycles. The van der Waals surface area contributed by atoms with Gasteiger partial charge in [-0.2, -0.15) is 0 Å². The third-order valence-electron chi connectivity index (χ3n) is 6.27. The van der Waals surface area contributed by atoms with Crippen LogP contribution in [0.2, 0.25) is 0 Å². The van der Waals surface area contributed by atoms with Crippen molar-refractivity contribution in [3.05, 3.63) is 65.7 Å². The Hall–Kier alpha value is -2.70. The van der Waals surface area contributed by atoms with E-state index in [1.54, 1.807) is 0 Å². The summed E-state index contributed by atoms with van der Waals surface area (Å²) in [5.41, 5.74) is 2.97. The van der Waals surface area contributed by atoms with Crippen LogP contribution >= 0.6 is 0 Å². The van der Waals surface area contributed by atoms with E-state index in [-0.39, 0.29) is 17.9 Å². The van der Waals surface area contributed by atoms with Crippen molar-refractivity contribution in [2.75, 3.05) is 51.1 Å². The van der Waals surface area contributed by atoms with Crippen LogP contribution in [0.3, 0.4) is 0 Å². The van der Waals surface area contributed by atoms with Gasteiger partial charge in [0.25, 0.3) is 0 Å². The summed E-state index contributed by atoms with van der Waals surface area (Å²) in [5, 5.41) is 3.09. The number of nitrogens with zero attached hydrogens (tertiary/aromatic N) is 3. The van der Waals surface area contributed by atoms with Gasteiger partial charge in [0.15, 0.2) is 0 Å². The van der Waals surface area contributed by atoms with E-state index < -0.39 is 0 Å². The standard InChI is InChI=1S/C25H32N4O2/c1-20-9-11-22(12-10-20)26-25(31)24(21-7-3-2-4-8-21)29-17-15-27(16-18-29)19-23(30)28-13-5-6-14-28/h2-4,7-12,24H,5-6,13-19H2,1H3,(H,26,31)/t24-/m0/s1. The lowest BCUT2D eigenvalue weighted by Crippen LogP contribution is -2.52. The van der Waals surface area contributed by atoms with Crippen molar-refractivity contribution in [2.45, 2.75) is 25.8 Å². The predicted octanol–water partition coefficient (Wildman–Crippen LogP) is 2.91. The van der Waals surface area contributed by atoms with Gasteiger partial charge in [0.05, 0.1) is 6.54 Å². The molecule has 2 aliphatic heterocycles. The van der Waals surface area contributed by atoms with Crippen LogP contribution in [-0.4, -0.2) is 72.3 Å².